The number of thiophene rings is 1. The lowest BCUT2D eigenvalue weighted by Crippen LogP contribution is -2.22. The molecule has 88 valence electrons. The smallest absolute Gasteiger partial charge is 0.335 e. The molecular formula is C11H8BrNO3S. The topological polar surface area (TPSA) is 59.3 Å². The number of hydrogen-bond donors (Lipinski definition) is 1. The van der Waals surface area contributed by atoms with E-state index in [1.54, 1.807) is 11.3 Å². The van der Waals surface area contributed by atoms with E-state index < -0.39 is 5.63 Å². The van der Waals surface area contributed by atoms with E-state index in [0.717, 1.165) is 14.9 Å². The van der Waals surface area contributed by atoms with Crippen LogP contribution < -0.4 is 10.9 Å². The predicted molar refractivity (Wildman–Crippen MR) is 68.2 cm³/mol. The van der Waals surface area contributed by atoms with Crippen molar-refractivity contribution in [3.05, 3.63) is 55.2 Å². The first-order valence-electron chi connectivity index (χ1n) is 4.76. The Morgan fingerprint density at radius 1 is 1.35 bits per heavy atom. The van der Waals surface area contributed by atoms with Crippen LogP contribution >= 0.6 is 27.3 Å². The van der Waals surface area contributed by atoms with Crippen LogP contribution in [0, 0.1) is 0 Å². The normalized spacial score (nSPS) is 10.2. The zero-order valence-corrected chi connectivity index (χ0v) is 11.0. The van der Waals surface area contributed by atoms with Crippen molar-refractivity contribution in [1.82, 2.24) is 5.32 Å². The van der Waals surface area contributed by atoms with E-state index in [1.807, 2.05) is 12.1 Å². The minimum Gasteiger partial charge on any atom is -0.430 e. The minimum absolute atomic E-state index is 0.265. The zero-order chi connectivity index (χ0) is 12.3. The standard InChI is InChI=1S/C11H8BrNO3S/c12-9-3-2-8(17-9)5-13-11(15)7-1-4-10(14)16-6-7/h1-4,6H,5H2,(H,13,15). The number of nitrogens with one attached hydrogen (secondary N) is 1. The van der Waals surface area contributed by atoms with Crippen LogP contribution in [0.5, 0.6) is 0 Å². The van der Waals surface area contributed by atoms with Crippen molar-refractivity contribution >= 4 is 33.2 Å². The molecule has 0 atom stereocenters. The van der Waals surface area contributed by atoms with E-state index in [0.29, 0.717) is 12.1 Å². The molecule has 0 spiro atoms. The Morgan fingerprint density at radius 3 is 2.76 bits per heavy atom. The fraction of sp³-hybridized carbons (Fsp3) is 0.0909. The molecule has 0 aromatic carbocycles. The molecule has 1 amide bonds. The van der Waals surface area contributed by atoms with Crippen LogP contribution in [0.4, 0.5) is 0 Å². The van der Waals surface area contributed by atoms with Crippen molar-refractivity contribution in [1.29, 1.82) is 0 Å². The number of halogens is 1. The van der Waals surface area contributed by atoms with Gasteiger partial charge in [0.05, 0.1) is 15.9 Å². The molecule has 0 aliphatic rings. The van der Waals surface area contributed by atoms with Gasteiger partial charge in [-0.05, 0) is 34.1 Å². The quantitative estimate of drug-likeness (QED) is 0.946. The molecule has 0 saturated heterocycles. The van der Waals surface area contributed by atoms with Crippen LogP contribution in [0.25, 0.3) is 0 Å². The van der Waals surface area contributed by atoms with E-state index in [9.17, 15) is 9.59 Å². The first kappa shape index (κ1) is 12.1. The maximum absolute atomic E-state index is 11.7. The van der Waals surface area contributed by atoms with Gasteiger partial charge in [0.2, 0.25) is 0 Å². The highest BCUT2D eigenvalue weighted by Gasteiger charge is 2.06. The molecule has 0 unspecified atom stereocenters. The van der Waals surface area contributed by atoms with Gasteiger partial charge in [0.25, 0.3) is 5.91 Å². The van der Waals surface area contributed by atoms with Gasteiger partial charge in [0.15, 0.2) is 0 Å². The zero-order valence-electron chi connectivity index (χ0n) is 8.60. The van der Waals surface area contributed by atoms with Crippen molar-refractivity contribution < 1.29 is 9.21 Å². The van der Waals surface area contributed by atoms with Crippen molar-refractivity contribution in [3.8, 4) is 0 Å². The summed E-state index contributed by atoms with van der Waals surface area (Å²) in [5, 5.41) is 2.74. The summed E-state index contributed by atoms with van der Waals surface area (Å²) in [4.78, 5) is 23.4. The number of carbonyl (C=O) groups excluding carboxylic acids is 1. The number of carbonyl (C=O) groups is 1. The molecule has 2 aromatic heterocycles. The lowest BCUT2D eigenvalue weighted by atomic mass is 10.3. The van der Waals surface area contributed by atoms with Crippen LogP contribution in [0.2, 0.25) is 0 Å². The fourth-order valence-corrected chi connectivity index (χ4v) is 2.63. The lowest BCUT2D eigenvalue weighted by molar-refractivity contribution is 0.0949. The Balaban J connectivity index is 1.98. The number of amides is 1. The van der Waals surface area contributed by atoms with E-state index in [2.05, 4.69) is 25.7 Å². The second kappa shape index (κ2) is 5.29. The summed E-state index contributed by atoms with van der Waals surface area (Å²) in [5.74, 6) is -0.265. The maximum atomic E-state index is 11.7. The Kier molecular flexibility index (Phi) is 3.75. The van der Waals surface area contributed by atoms with Gasteiger partial charge >= 0.3 is 5.63 Å². The third kappa shape index (κ3) is 3.28. The summed E-state index contributed by atoms with van der Waals surface area (Å²) in [6.45, 7) is 0.453. The van der Waals surface area contributed by atoms with Crippen LogP contribution in [-0.2, 0) is 6.54 Å². The van der Waals surface area contributed by atoms with Crippen LogP contribution in [0.3, 0.4) is 0 Å². The van der Waals surface area contributed by atoms with Gasteiger partial charge in [-0.2, -0.15) is 0 Å². The molecule has 0 bridgehead atoms. The highest BCUT2D eigenvalue weighted by atomic mass is 79.9. The average Bonchev–Trinajstić information content (AvgIpc) is 2.73. The van der Waals surface area contributed by atoms with E-state index >= 15 is 0 Å². The van der Waals surface area contributed by atoms with E-state index in [-0.39, 0.29) is 5.91 Å². The third-order valence-corrected chi connectivity index (χ3v) is 3.64. The van der Waals surface area contributed by atoms with E-state index in [4.69, 9.17) is 0 Å². The van der Waals surface area contributed by atoms with Gasteiger partial charge in [-0.1, -0.05) is 0 Å². The van der Waals surface area contributed by atoms with Crippen molar-refractivity contribution in [2.75, 3.05) is 0 Å². The van der Waals surface area contributed by atoms with Gasteiger partial charge in [0, 0.05) is 10.9 Å². The van der Waals surface area contributed by atoms with Gasteiger partial charge in [-0.3, -0.25) is 4.79 Å². The van der Waals surface area contributed by atoms with E-state index in [1.165, 1.54) is 12.1 Å². The van der Waals surface area contributed by atoms with Gasteiger partial charge < -0.3 is 9.73 Å². The van der Waals surface area contributed by atoms with Crippen molar-refractivity contribution in [3.63, 3.8) is 0 Å². The molecular weight excluding hydrogens is 306 g/mol. The largest absolute Gasteiger partial charge is 0.430 e. The number of rotatable bonds is 3. The summed E-state index contributed by atoms with van der Waals surface area (Å²) in [5.41, 5.74) is -0.135. The summed E-state index contributed by atoms with van der Waals surface area (Å²) >= 11 is 4.90. The SMILES string of the molecule is O=C(NCc1ccc(Br)s1)c1ccc(=O)oc1. The Morgan fingerprint density at radius 2 is 2.18 bits per heavy atom. The third-order valence-electron chi connectivity index (χ3n) is 2.02. The van der Waals surface area contributed by atoms with Crippen LogP contribution in [-0.4, -0.2) is 5.91 Å². The second-order valence-corrected chi connectivity index (χ2v) is 5.78. The molecule has 0 aliphatic carbocycles. The molecule has 4 nitrogen and oxygen atoms in total. The Labute approximate surface area is 109 Å². The number of hydrogen-bond acceptors (Lipinski definition) is 4. The van der Waals surface area contributed by atoms with Crippen molar-refractivity contribution in [2.24, 2.45) is 0 Å². The highest BCUT2D eigenvalue weighted by molar-refractivity contribution is 9.11. The maximum Gasteiger partial charge on any atom is 0.335 e. The molecule has 2 heterocycles. The van der Waals surface area contributed by atoms with Crippen LogP contribution in [0.1, 0.15) is 15.2 Å². The molecule has 6 heteroatoms. The van der Waals surface area contributed by atoms with Gasteiger partial charge in [-0.25, -0.2) is 4.79 Å². The van der Waals surface area contributed by atoms with Gasteiger partial charge in [0.1, 0.15) is 6.26 Å². The monoisotopic (exact) mass is 313 g/mol. The summed E-state index contributed by atoms with van der Waals surface area (Å²) in [6.07, 6.45) is 1.15. The summed E-state index contributed by atoms with van der Waals surface area (Å²) in [7, 11) is 0. The van der Waals surface area contributed by atoms with Crippen LogP contribution in [0.15, 0.2) is 43.5 Å². The highest BCUT2D eigenvalue weighted by Crippen LogP contribution is 2.21. The molecule has 0 aliphatic heterocycles. The second-order valence-electron chi connectivity index (χ2n) is 3.23. The molecule has 0 fully saturated rings. The predicted octanol–water partition coefficient (Wildman–Crippen LogP) is 2.39. The molecule has 2 rings (SSSR count). The molecule has 0 saturated carbocycles. The average molecular weight is 314 g/mol. The summed E-state index contributed by atoms with van der Waals surface area (Å²) in [6, 6.07) is 6.51. The molecule has 1 N–H and O–H groups in total. The van der Waals surface area contributed by atoms with Crippen molar-refractivity contribution in [2.45, 2.75) is 6.54 Å². The minimum atomic E-state index is -0.469. The molecule has 0 radical (unpaired) electrons. The fourth-order valence-electron chi connectivity index (χ4n) is 1.20. The molecule has 17 heavy (non-hydrogen) atoms. The Bertz CT molecular complexity index is 570. The summed E-state index contributed by atoms with van der Waals surface area (Å²) < 4.78 is 5.64. The Hall–Kier alpha value is -1.40. The molecule has 2 aromatic rings. The first-order valence-corrected chi connectivity index (χ1v) is 6.37. The lowest BCUT2D eigenvalue weighted by Gasteiger charge is -2.02. The first-order chi connectivity index (χ1) is 8.15. The van der Waals surface area contributed by atoms with Gasteiger partial charge in [-0.15, -0.1) is 11.3 Å².